The van der Waals surface area contributed by atoms with Gasteiger partial charge in [0.25, 0.3) is 0 Å². The van der Waals surface area contributed by atoms with Gasteiger partial charge in [0.1, 0.15) is 0 Å². The highest BCUT2D eigenvalue weighted by atomic mass is 16.4. The van der Waals surface area contributed by atoms with Gasteiger partial charge < -0.3 is 20.4 Å². The first kappa shape index (κ1) is 27.1. The fourth-order valence-corrected chi connectivity index (χ4v) is 3.20. The van der Waals surface area contributed by atoms with Gasteiger partial charge in [-0.2, -0.15) is 0 Å². The molecular formula is C25H42N2O4. The molecule has 0 aliphatic rings. The number of rotatable bonds is 14. The van der Waals surface area contributed by atoms with E-state index in [1.54, 1.807) is 4.90 Å². The molecule has 0 heterocycles. The highest BCUT2D eigenvalue weighted by molar-refractivity contribution is 5.80. The van der Waals surface area contributed by atoms with Crippen LogP contribution in [-0.2, 0) is 22.6 Å². The molecule has 1 amide bonds. The standard InChI is InChI=1S/C25H42N2O4/c1-7-24(3,4)15-19-10-9-11-20(14-19)17-27(22(29)12-13-23(30)31)18-21(28)16-26-25(5,6)8-2/h9-11,14,21,26,28H,7-8,12-13,15-18H2,1-6H3,(H,30,31). The summed E-state index contributed by atoms with van der Waals surface area (Å²) in [5.41, 5.74) is 2.31. The first-order valence-corrected chi connectivity index (χ1v) is 11.4. The lowest BCUT2D eigenvalue weighted by molar-refractivity contribution is -0.141. The maximum absolute atomic E-state index is 12.7. The fraction of sp³-hybridized carbons (Fsp3) is 0.680. The van der Waals surface area contributed by atoms with Crippen molar-refractivity contribution in [3.05, 3.63) is 35.4 Å². The number of amides is 1. The minimum absolute atomic E-state index is 0.0709. The molecule has 1 rings (SSSR count). The minimum atomic E-state index is -0.996. The van der Waals surface area contributed by atoms with Gasteiger partial charge in [-0.3, -0.25) is 9.59 Å². The van der Waals surface area contributed by atoms with Crippen molar-refractivity contribution in [2.24, 2.45) is 5.41 Å². The van der Waals surface area contributed by atoms with Gasteiger partial charge in [0, 0.05) is 31.6 Å². The van der Waals surface area contributed by atoms with Crippen LogP contribution in [0.1, 0.15) is 78.4 Å². The van der Waals surface area contributed by atoms with E-state index in [9.17, 15) is 14.7 Å². The van der Waals surface area contributed by atoms with E-state index in [2.05, 4.69) is 59.0 Å². The van der Waals surface area contributed by atoms with Crippen molar-refractivity contribution in [2.75, 3.05) is 13.1 Å². The third kappa shape index (κ3) is 10.8. The normalized spacial score (nSPS) is 13.1. The van der Waals surface area contributed by atoms with Crippen LogP contribution >= 0.6 is 0 Å². The number of hydrogen-bond donors (Lipinski definition) is 3. The highest BCUT2D eigenvalue weighted by Gasteiger charge is 2.22. The first-order chi connectivity index (χ1) is 14.4. The van der Waals surface area contributed by atoms with Crippen molar-refractivity contribution in [1.82, 2.24) is 10.2 Å². The summed E-state index contributed by atoms with van der Waals surface area (Å²) in [7, 11) is 0. The van der Waals surface area contributed by atoms with Crippen molar-refractivity contribution in [3.63, 3.8) is 0 Å². The molecule has 176 valence electrons. The number of carbonyl (C=O) groups is 2. The molecule has 1 atom stereocenters. The van der Waals surface area contributed by atoms with Crippen molar-refractivity contribution in [3.8, 4) is 0 Å². The van der Waals surface area contributed by atoms with Crippen molar-refractivity contribution < 1.29 is 19.8 Å². The van der Waals surface area contributed by atoms with E-state index in [4.69, 9.17) is 5.11 Å². The number of carboxylic acid groups (broad SMARTS) is 1. The highest BCUT2D eigenvalue weighted by Crippen LogP contribution is 2.26. The van der Waals surface area contributed by atoms with E-state index >= 15 is 0 Å². The zero-order valence-electron chi connectivity index (χ0n) is 20.2. The molecule has 6 heteroatoms. The maximum Gasteiger partial charge on any atom is 0.303 e. The predicted molar refractivity (Wildman–Crippen MR) is 125 cm³/mol. The quantitative estimate of drug-likeness (QED) is 0.412. The van der Waals surface area contributed by atoms with Gasteiger partial charge in [0.05, 0.1) is 12.5 Å². The second-order valence-corrected chi connectivity index (χ2v) is 9.95. The summed E-state index contributed by atoms with van der Waals surface area (Å²) in [5.74, 6) is -1.25. The van der Waals surface area contributed by atoms with Crippen LogP contribution in [0, 0.1) is 5.41 Å². The molecule has 0 spiro atoms. The van der Waals surface area contributed by atoms with Crippen LogP contribution in [0.5, 0.6) is 0 Å². The van der Waals surface area contributed by atoms with Gasteiger partial charge in [-0.25, -0.2) is 0 Å². The Labute approximate surface area is 188 Å². The smallest absolute Gasteiger partial charge is 0.303 e. The van der Waals surface area contributed by atoms with E-state index in [-0.39, 0.29) is 36.2 Å². The molecule has 3 N–H and O–H groups in total. The molecule has 31 heavy (non-hydrogen) atoms. The molecule has 0 radical (unpaired) electrons. The zero-order chi connectivity index (χ0) is 23.7. The van der Waals surface area contributed by atoms with Crippen LogP contribution in [0.4, 0.5) is 0 Å². The number of benzene rings is 1. The molecule has 0 bridgehead atoms. The summed E-state index contributed by atoms with van der Waals surface area (Å²) >= 11 is 0. The second kappa shape index (κ2) is 12.2. The lowest BCUT2D eigenvalue weighted by atomic mass is 9.83. The molecule has 0 saturated carbocycles. The van der Waals surface area contributed by atoms with E-state index < -0.39 is 12.1 Å². The summed E-state index contributed by atoms with van der Waals surface area (Å²) in [6.45, 7) is 13.8. The molecule has 6 nitrogen and oxygen atoms in total. The molecule has 0 saturated heterocycles. The number of nitrogens with one attached hydrogen (secondary N) is 1. The summed E-state index contributed by atoms with van der Waals surface area (Å²) in [5, 5.41) is 22.8. The maximum atomic E-state index is 12.7. The number of carbonyl (C=O) groups excluding carboxylic acids is 1. The second-order valence-electron chi connectivity index (χ2n) is 9.95. The van der Waals surface area contributed by atoms with E-state index in [0.717, 1.165) is 24.8 Å². The monoisotopic (exact) mass is 434 g/mol. The van der Waals surface area contributed by atoms with Gasteiger partial charge in [-0.1, -0.05) is 58.4 Å². The lowest BCUT2D eigenvalue weighted by Gasteiger charge is -2.29. The summed E-state index contributed by atoms with van der Waals surface area (Å²) in [4.78, 5) is 25.2. The number of nitrogens with zero attached hydrogens (tertiary/aromatic N) is 1. The topological polar surface area (TPSA) is 89.9 Å². The molecule has 0 aromatic heterocycles. The predicted octanol–water partition coefficient (Wildman–Crippen LogP) is 4.00. The Hall–Kier alpha value is -1.92. The number of β-amino-alcohol motifs (C(OH)–C–C–N with tert-alkyl or cyclic N) is 1. The Morgan fingerprint density at radius 3 is 2.29 bits per heavy atom. The average molecular weight is 435 g/mol. The molecule has 1 aromatic carbocycles. The van der Waals surface area contributed by atoms with Gasteiger partial charge in [0.2, 0.25) is 5.91 Å². The molecule has 1 aromatic rings. The van der Waals surface area contributed by atoms with Crippen molar-refractivity contribution in [1.29, 1.82) is 0 Å². The van der Waals surface area contributed by atoms with Crippen LogP contribution in [-0.4, -0.2) is 51.7 Å². The van der Waals surface area contributed by atoms with E-state index in [1.807, 2.05) is 12.1 Å². The van der Waals surface area contributed by atoms with Gasteiger partial charge in [-0.05, 0) is 43.2 Å². The molecular weight excluding hydrogens is 392 g/mol. The number of hydrogen-bond acceptors (Lipinski definition) is 4. The SMILES string of the molecule is CCC(C)(C)Cc1cccc(CN(CC(O)CNC(C)(C)CC)C(=O)CCC(=O)O)c1. The van der Waals surface area contributed by atoms with Crippen LogP contribution in [0.2, 0.25) is 0 Å². The summed E-state index contributed by atoms with van der Waals surface area (Å²) in [6.07, 6.45) is 1.92. The van der Waals surface area contributed by atoms with Crippen LogP contribution in [0.15, 0.2) is 24.3 Å². The fourth-order valence-electron chi connectivity index (χ4n) is 3.20. The average Bonchev–Trinajstić information content (AvgIpc) is 2.70. The Kier molecular flexibility index (Phi) is 10.7. The number of aliphatic hydroxyl groups is 1. The Bertz CT molecular complexity index is 715. The number of aliphatic hydroxyl groups excluding tert-OH is 1. The minimum Gasteiger partial charge on any atom is -0.481 e. The van der Waals surface area contributed by atoms with E-state index in [1.165, 1.54) is 5.56 Å². The third-order valence-corrected chi connectivity index (χ3v) is 6.04. The molecule has 0 aliphatic carbocycles. The van der Waals surface area contributed by atoms with Gasteiger partial charge in [-0.15, -0.1) is 0 Å². The van der Waals surface area contributed by atoms with Gasteiger partial charge >= 0.3 is 5.97 Å². The van der Waals surface area contributed by atoms with Crippen LogP contribution in [0.3, 0.4) is 0 Å². The number of carboxylic acids is 1. The van der Waals surface area contributed by atoms with Crippen molar-refractivity contribution >= 4 is 11.9 Å². The lowest BCUT2D eigenvalue weighted by Crippen LogP contribution is -2.47. The Morgan fingerprint density at radius 2 is 1.71 bits per heavy atom. The number of aliphatic carboxylic acids is 1. The van der Waals surface area contributed by atoms with Crippen molar-refractivity contribution in [2.45, 2.75) is 91.8 Å². The Morgan fingerprint density at radius 1 is 1.06 bits per heavy atom. The van der Waals surface area contributed by atoms with Crippen LogP contribution < -0.4 is 5.32 Å². The largest absolute Gasteiger partial charge is 0.481 e. The van der Waals surface area contributed by atoms with Gasteiger partial charge in [0.15, 0.2) is 0 Å². The first-order valence-electron chi connectivity index (χ1n) is 11.4. The van der Waals surface area contributed by atoms with Crippen LogP contribution in [0.25, 0.3) is 0 Å². The molecule has 0 aliphatic heterocycles. The molecule has 1 unspecified atom stereocenters. The summed E-state index contributed by atoms with van der Waals surface area (Å²) < 4.78 is 0. The molecule has 0 fully saturated rings. The summed E-state index contributed by atoms with van der Waals surface area (Å²) in [6, 6.07) is 8.19. The zero-order valence-corrected chi connectivity index (χ0v) is 20.2. The Balaban J connectivity index is 2.91. The van der Waals surface area contributed by atoms with E-state index in [0.29, 0.717) is 13.1 Å². The third-order valence-electron chi connectivity index (χ3n) is 6.04.